The highest BCUT2D eigenvalue weighted by molar-refractivity contribution is 6.33. The number of carbonyl (C=O) groups is 1. The van der Waals surface area contributed by atoms with Gasteiger partial charge in [-0.3, -0.25) is 4.79 Å². The molecule has 0 aliphatic carbocycles. The number of anilines is 2. The van der Waals surface area contributed by atoms with E-state index in [0.29, 0.717) is 11.8 Å². The predicted octanol–water partition coefficient (Wildman–Crippen LogP) is 3.60. The lowest BCUT2D eigenvalue weighted by Crippen LogP contribution is -2.17. The molecule has 0 atom stereocenters. The number of pyridine rings is 1. The van der Waals surface area contributed by atoms with Crippen molar-refractivity contribution in [2.45, 2.75) is 6.18 Å². The van der Waals surface area contributed by atoms with Gasteiger partial charge in [0.05, 0.1) is 16.3 Å². The molecule has 1 heterocycles. The number of aromatic nitrogens is 1. The Labute approximate surface area is 122 Å². The molecule has 0 aliphatic rings. The van der Waals surface area contributed by atoms with Gasteiger partial charge in [0.1, 0.15) is 11.5 Å². The van der Waals surface area contributed by atoms with Gasteiger partial charge in [-0.05, 0) is 24.3 Å². The molecule has 21 heavy (non-hydrogen) atoms. The van der Waals surface area contributed by atoms with Crippen LogP contribution in [0.4, 0.5) is 24.7 Å². The second-order valence-corrected chi connectivity index (χ2v) is 4.47. The molecular weight excluding hydrogens is 307 g/mol. The molecule has 1 aromatic carbocycles. The second-order valence-electron chi connectivity index (χ2n) is 4.06. The van der Waals surface area contributed by atoms with Crippen LogP contribution in [0, 0.1) is 0 Å². The highest BCUT2D eigenvalue weighted by atomic mass is 35.5. The fraction of sp³-hybridized carbons (Fsp3) is 0.0769. The van der Waals surface area contributed by atoms with Gasteiger partial charge in [0.2, 0.25) is 0 Å². The van der Waals surface area contributed by atoms with Crippen LogP contribution >= 0.6 is 11.6 Å². The number of nitrogens with one attached hydrogen (secondary N) is 1. The quantitative estimate of drug-likeness (QED) is 0.909. The molecule has 0 radical (unpaired) electrons. The first-order valence-corrected chi connectivity index (χ1v) is 6.06. The number of hydrogen-bond donors (Lipinski definition) is 2. The summed E-state index contributed by atoms with van der Waals surface area (Å²) in [6, 6.07) is 8.03. The molecule has 2 aromatic rings. The number of rotatable bonds is 3. The Kier molecular flexibility index (Phi) is 4.04. The number of halogens is 4. The normalized spacial score (nSPS) is 11.2. The van der Waals surface area contributed by atoms with Crippen molar-refractivity contribution in [3.05, 3.63) is 52.7 Å². The molecule has 0 aliphatic heterocycles. The summed E-state index contributed by atoms with van der Waals surface area (Å²) >= 11 is 5.91. The van der Waals surface area contributed by atoms with Crippen molar-refractivity contribution in [2.24, 2.45) is 5.73 Å². The first-order valence-electron chi connectivity index (χ1n) is 5.68. The predicted molar refractivity (Wildman–Crippen MR) is 72.5 cm³/mol. The van der Waals surface area contributed by atoms with Crippen molar-refractivity contribution in [3.63, 3.8) is 0 Å². The minimum Gasteiger partial charge on any atom is -0.365 e. The maximum Gasteiger partial charge on any atom is 0.433 e. The molecule has 0 saturated heterocycles. The van der Waals surface area contributed by atoms with Crippen LogP contribution in [0.15, 0.2) is 36.4 Å². The molecule has 0 bridgehead atoms. The highest BCUT2D eigenvalue weighted by Crippen LogP contribution is 2.31. The van der Waals surface area contributed by atoms with Crippen LogP contribution in [0.2, 0.25) is 5.02 Å². The van der Waals surface area contributed by atoms with E-state index < -0.39 is 17.8 Å². The summed E-state index contributed by atoms with van der Waals surface area (Å²) in [7, 11) is 0. The molecule has 0 saturated carbocycles. The molecule has 3 N–H and O–H groups in total. The van der Waals surface area contributed by atoms with Gasteiger partial charge in [0.15, 0.2) is 0 Å². The average molecular weight is 316 g/mol. The fourth-order valence-electron chi connectivity index (χ4n) is 1.60. The lowest BCUT2D eigenvalue weighted by molar-refractivity contribution is -0.141. The molecule has 0 fully saturated rings. The highest BCUT2D eigenvalue weighted by Gasteiger charge is 2.33. The van der Waals surface area contributed by atoms with E-state index >= 15 is 0 Å². The standard InChI is InChI=1S/C13H9ClF3N3O/c14-8-3-1-2-4-9(8)19-12-7(11(18)21)5-6-10(20-12)13(15,16)17/h1-6H,(H2,18,21)(H,19,20). The van der Waals surface area contributed by atoms with Gasteiger partial charge >= 0.3 is 6.18 Å². The van der Waals surface area contributed by atoms with Crippen molar-refractivity contribution in [2.75, 3.05) is 5.32 Å². The lowest BCUT2D eigenvalue weighted by Gasteiger charge is -2.13. The number of nitrogens with two attached hydrogens (primary N) is 1. The molecule has 1 aromatic heterocycles. The molecule has 0 unspecified atom stereocenters. The van der Waals surface area contributed by atoms with E-state index in [-0.39, 0.29) is 16.4 Å². The van der Waals surface area contributed by atoms with Crippen LogP contribution in [0.3, 0.4) is 0 Å². The van der Waals surface area contributed by atoms with Crippen LogP contribution in [0.25, 0.3) is 0 Å². The summed E-state index contributed by atoms with van der Waals surface area (Å²) in [5, 5.41) is 2.86. The molecular formula is C13H9ClF3N3O. The fourth-order valence-corrected chi connectivity index (χ4v) is 1.78. The largest absolute Gasteiger partial charge is 0.433 e. The van der Waals surface area contributed by atoms with Crippen molar-refractivity contribution < 1.29 is 18.0 Å². The summed E-state index contributed by atoms with van der Waals surface area (Å²) < 4.78 is 38.1. The molecule has 8 heteroatoms. The van der Waals surface area contributed by atoms with Gasteiger partial charge in [-0.15, -0.1) is 0 Å². The van der Waals surface area contributed by atoms with Crippen molar-refractivity contribution >= 4 is 29.0 Å². The Morgan fingerprint density at radius 2 is 1.86 bits per heavy atom. The van der Waals surface area contributed by atoms with Gasteiger partial charge in [-0.2, -0.15) is 13.2 Å². The van der Waals surface area contributed by atoms with Crippen LogP contribution < -0.4 is 11.1 Å². The first kappa shape index (κ1) is 15.1. The minimum atomic E-state index is -4.63. The van der Waals surface area contributed by atoms with Gasteiger partial charge < -0.3 is 11.1 Å². The van der Waals surface area contributed by atoms with E-state index in [1.807, 2.05) is 0 Å². The van der Waals surface area contributed by atoms with Gasteiger partial charge in [0.25, 0.3) is 5.91 Å². The molecule has 1 amide bonds. The Morgan fingerprint density at radius 3 is 2.43 bits per heavy atom. The molecule has 4 nitrogen and oxygen atoms in total. The summed E-state index contributed by atoms with van der Waals surface area (Å²) in [5.74, 6) is -1.20. The summed E-state index contributed by atoms with van der Waals surface area (Å²) in [5.41, 5.74) is 4.14. The Balaban J connectivity index is 2.49. The summed E-state index contributed by atoms with van der Waals surface area (Å²) in [4.78, 5) is 14.7. The SMILES string of the molecule is NC(=O)c1ccc(C(F)(F)F)nc1Nc1ccccc1Cl. The Morgan fingerprint density at radius 1 is 1.19 bits per heavy atom. The van der Waals surface area contributed by atoms with Crippen LogP contribution in [0.5, 0.6) is 0 Å². The minimum absolute atomic E-state index is 0.164. The van der Waals surface area contributed by atoms with Crippen molar-refractivity contribution in [1.82, 2.24) is 4.98 Å². The Bertz CT molecular complexity index is 689. The van der Waals surface area contributed by atoms with E-state index in [4.69, 9.17) is 17.3 Å². The van der Waals surface area contributed by atoms with Crippen LogP contribution in [0.1, 0.15) is 16.1 Å². The third kappa shape index (κ3) is 3.43. The van der Waals surface area contributed by atoms with Gasteiger partial charge in [0, 0.05) is 0 Å². The number of carbonyl (C=O) groups excluding carboxylic acids is 1. The number of benzene rings is 1. The van der Waals surface area contributed by atoms with E-state index in [1.165, 1.54) is 6.07 Å². The third-order valence-corrected chi connectivity index (χ3v) is 2.91. The zero-order valence-electron chi connectivity index (χ0n) is 10.4. The zero-order valence-corrected chi connectivity index (χ0v) is 11.2. The maximum atomic E-state index is 12.7. The number of amides is 1. The number of para-hydroxylation sites is 1. The smallest absolute Gasteiger partial charge is 0.365 e. The Hall–Kier alpha value is -2.28. The number of nitrogens with zero attached hydrogens (tertiary/aromatic N) is 1. The van der Waals surface area contributed by atoms with E-state index in [2.05, 4.69) is 10.3 Å². The third-order valence-electron chi connectivity index (χ3n) is 2.58. The van der Waals surface area contributed by atoms with Crippen molar-refractivity contribution in [1.29, 1.82) is 0 Å². The van der Waals surface area contributed by atoms with E-state index in [9.17, 15) is 18.0 Å². The van der Waals surface area contributed by atoms with Crippen LogP contribution in [-0.2, 0) is 6.18 Å². The second kappa shape index (κ2) is 5.61. The number of primary amides is 1. The molecule has 0 spiro atoms. The first-order chi connectivity index (χ1) is 9.79. The van der Waals surface area contributed by atoms with E-state index in [0.717, 1.165) is 6.07 Å². The van der Waals surface area contributed by atoms with Crippen LogP contribution in [-0.4, -0.2) is 10.9 Å². The average Bonchev–Trinajstić information content (AvgIpc) is 2.40. The topological polar surface area (TPSA) is 68.0 Å². The van der Waals surface area contributed by atoms with Gasteiger partial charge in [-0.25, -0.2) is 4.98 Å². The molecule has 2 rings (SSSR count). The summed E-state index contributed by atoms with van der Waals surface area (Å²) in [6.07, 6.45) is -4.63. The van der Waals surface area contributed by atoms with Gasteiger partial charge in [-0.1, -0.05) is 23.7 Å². The maximum absolute atomic E-state index is 12.7. The number of alkyl halides is 3. The molecule has 110 valence electrons. The zero-order chi connectivity index (χ0) is 15.6. The van der Waals surface area contributed by atoms with E-state index in [1.54, 1.807) is 18.2 Å². The number of hydrogen-bond acceptors (Lipinski definition) is 3. The van der Waals surface area contributed by atoms with Crippen molar-refractivity contribution in [3.8, 4) is 0 Å². The lowest BCUT2D eigenvalue weighted by atomic mass is 10.2. The summed E-state index contributed by atoms with van der Waals surface area (Å²) in [6.45, 7) is 0. The monoisotopic (exact) mass is 315 g/mol.